The highest BCUT2D eigenvalue weighted by Crippen LogP contribution is 2.18. The van der Waals surface area contributed by atoms with Crippen LogP contribution in [0.4, 0.5) is 0 Å². The molecule has 1 rings (SSSR count). The summed E-state index contributed by atoms with van der Waals surface area (Å²) in [5.41, 5.74) is 1.19. The summed E-state index contributed by atoms with van der Waals surface area (Å²) >= 11 is 1.78. The Kier molecular flexibility index (Phi) is 8.83. The fourth-order valence-corrected chi connectivity index (χ4v) is 2.36. The van der Waals surface area contributed by atoms with Crippen LogP contribution < -0.4 is 5.32 Å². The molecule has 0 spiro atoms. The molecule has 0 aliphatic carbocycles. The van der Waals surface area contributed by atoms with Crippen molar-refractivity contribution in [2.24, 2.45) is 5.92 Å². The lowest BCUT2D eigenvalue weighted by molar-refractivity contribution is 0.526. The van der Waals surface area contributed by atoms with E-state index >= 15 is 0 Å². The van der Waals surface area contributed by atoms with Crippen LogP contribution in [0, 0.1) is 5.92 Å². The van der Waals surface area contributed by atoms with Crippen LogP contribution in [0.25, 0.3) is 0 Å². The largest absolute Gasteiger partial charge is 0.311 e. The average Bonchev–Trinajstić information content (AvgIpc) is 2.65. The van der Waals surface area contributed by atoms with Gasteiger partial charge in [0.1, 0.15) is 0 Å². The van der Waals surface area contributed by atoms with Gasteiger partial charge in [-0.2, -0.15) is 0 Å². The van der Waals surface area contributed by atoms with Crippen molar-refractivity contribution in [2.75, 3.05) is 6.54 Å². The van der Waals surface area contributed by atoms with Crippen LogP contribution in [-0.2, 0) is 6.54 Å². The Hall–Kier alpha value is -0.120. The van der Waals surface area contributed by atoms with E-state index < -0.39 is 0 Å². The summed E-state index contributed by atoms with van der Waals surface area (Å²) in [4.78, 5) is 4.60. The first-order valence-electron chi connectivity index (χ1n) is 6.24. The zero-order valence-electron chi connectivity index (χ0n) is 11.3. The minimum Gasteiger partial charge on any atom is -0.311 e. The quantitative estimate of drug-likeness (QED) is 0.755. The molecule has 0 bridgehead atoms. The molecule has 4 heteroatoms. The van der Waals surface area contributed by atoms with Crippen LogP contribution in [0.3, 0.4) is 0 Å². The molecule has 0 aromatic carbocycles. The number of nitrogens with zero attached hydrogens (tertiary/aromatic N) is 1. The molecule has 1 aromatic heterocycles. The van der Waals surface area contributed by atoms with Crippen molar-refractivity contribution >= 4 is 23.7 Å². The van der Waals surface area contributed by atoms with Crippen LogP contribution in [-0.4, -0.2) is 11.5 Å². The first-order chi connectivity index (χ1) is 7.59. The Morgan fingerprint density at radius 1 is 1.29 bits per heavy atom. The summed E-state index contributed by atoms with van der Waals surface area (Å²) in [6, 6.07) is 0. The van der Waals surface area contributed by atoms with Gasteiger partial charge in [0.25, 0.3) is 0 Å². The Balaban J connectivity index is 0.00000256. The molecule has 100 valence electrons. The minimum absolute atomic E-state index is 0. The highest BCUT2D eigenvalue weighted by atomic mass is 35.5. The first kappa shape index (κ1) is 16.9. The maximum Gasteiger partial charge on any atom is 0.0954 e. The Bertz CT molecular complexity index is 297. The molecule has 0 radical (unpaired) electrons. The molecule has 0 aliphatic heterocycles. The van der Waals surface area contributed by atoms with E-state index in [-0.39, 0.29) is 12.4 Å². The van der Waals surface area contributed by atoms with E-state index in [2.05, 4.69) is 43.4 Å². The van der Waals surface area contributed by atoms with Gasteiger partial charge in [0.15, 0.2) is 0 Å². The van der Waals surface area contributed by atoms with Crippen LogP contribution >= 0.6 is 23.7 Å². The molecule has 0 amide bonds. The van der Waals surface area contributed by atoms with Crippen LogP contribution in [0.5, 0.6) is 0 Å². The van der Waals surface area contributed by atoms with E-state index in [4.69, 9.17) is 0 Å². The fourth-order valence-electron chi connectivity index (χ4n) is 1.52. The van der Waals surface area contributed by atoms with Gasteiger partial charge in [-0.05, 0) is 25.3 Å². The van der Waals surface area contributed by atoms with Gasteiger partial charge in [-0.15, -0.1) is 23.7 Å². The molecule has 1 aromatic rings. The first-order valence-corrected chi connectivity index (χ1v) is 7.12. The highest BCUT2D eigenvalue weighted by molar-refractivity contribution is 7.09. The van der Waals surface area contributed by atoms with Crippen LogP contribution in [0.2, 0.25) is 0 Å². The number of nitrogens with one attached hydrogen (secondary N) is 1. The SMILES string of the molecule is CC(C)CCCNCc1csc(C(C)C)n1.Cl. The Labute approximate surface area is 116 Å². The number of aromatic nitrogens is 1. The van der Waals surface area contributed by atoms with Gasteiger partial charge in [-0.25, -0.2) is 4.98 Å². The minimum atomic E-state index is 0. The molecule has 1 heterocycles. The Morgan fingerprint density at radius 2 is 2.00 bits per heavy atom. The maximum atomic E-state index is 4.60. The third-order valence-corrected chi connectivity index (χ3v) is 3.70. The molecule has 17 heavy (non-hydrogen) atoms. The number of hydrogen-bond donors (Lipinski definition) is 1. The third-order valence-electron chi connectivity index (χ3n) is 2.50. The topological polar surface area (TPSA) is 24.9 Å². The summed E-state index contributed by atoms with van der Waals surface area (Å²) in [5, 5.41) is 6.87. The van der Waals surface area contributed by atoms with E-state index in [0.29, 0.717) is 5.92 Å². The summed E-state index contributed by atoms with van der Waals surface area (Å²) < 4.78 is 0. The Morgan fingerprint density at radius 3 is 2.53 bits per heavy atom. The van der Waals surface area contributed by atoms with Gasteiger partial charge in [-0.1, -0.05) is 27.7 Å². The van der Waals surface area contributed by atoms with Crippen molar-refractivity contribution < 1.29 is 0 Å². The van der Waals surface area contributed by atoms with Gasteiger partial charge in [0, 0.05) is 17.8 Å². The van der Waals surface area contributed by atoms with E-state index in [1.165, 1.54) is 23.5 Å². The molecule has 0 unspecified atom stereocenters. The lowest BCUT2D eigenvalue weighted by Crippen LogP contribution is -2.15. The van der Waals surface area contributed by atoms with Gasteiger partial charge < -0.3 is 5.32 Å². The number of thiazole rings is 1. The molecule has 0 fully saturated rings. The highest BCUT2D eigenvalue weighted by Gasteiger charge is 2.04. The van der Waals surface area contributed by atoms with Crippen molar-refractivity contribution in [1.82, 2.24) is 10.3 Å². The predicted octanol–water partition coefficient (Wildman–Crippen LogP) is 4.21. The summed E-state index contributed by atoms with van der Waals surface area (Å²) in [6.45, 7) is 11.0. The fraction of sp³-hybridized carbons (Fsp3) is 0.769. The number of rotatable bonds is 7. The van der Waals surface area contributed by atoms with E-state index in [9.17, 15) is 0 Å². The lowest BCUT2D eigenvalue weighted by Gasteiger charge is -2.05. The summed E-state index contributed by atoms with van der Waals surface area (Å²) in [6.07, 6.45) is 2.57. The van der Waals surface area contributed by atoms with Crippen molar-refractivity contribution in [1.29, 1.82) is 0 Å². The van der Waals surface area contributed by atoms with Crippen molar-refractivity contribution in [3.8, 4) is 0 Å². The average molecular weight is 277 g/mol. The van der Waals surface area contributed by atoms with Gasteiger partial charge in [0.2, 0.25) is 0 Å². The molecule has 0 aliphatic rings. The van der Waals surface area contributed by atoms with Gasteiger partial charge >= 0.3 is 0 Å². The summed E-state index contributed by atoms with van der Waals surface area (Å²) in [7, 11) is 0. The van der Waals surface area contributed by atoms with Crippen molar-refractivity contribution in [3.63, 3.8) is 0 Å². The van der Waals surface area contributed by atoms with Crippen LogP contribution in [0.15, 0.2) is 5.38 Å². The molecule has 0 atom stereocenters. The molecule has 0 saturated carbocycles. The van der Waals surface area contributed by atoms with Gasteiger partial charge in [-0.3, -0.25) is 0 Å². The lowest BCUT2D eigenvalue weighted by atomic mass is 10.1. The number of halogens is 1. The monoisotopic (exact) mass is 276 g/mol. The normalized spacial score (nSPS) is 10.9. The summed E-state index contributed by atoms with van der Waals surface area (Å²) in [5.74, 6) is 1.37. The molecule has 2 nitrogen and oxygen atoms in total. The second-order valence-electron chi connectivity index (χ2n) is 5.04. The second kappa shape index (κ2) is 8.90. The second-order valence-corrected chi connectivity index (χ2v) is 5.93. The van der Waals surface area contributed by atoms with Crippen LogP contribution in [0.1, 0.15) is 57.2 Å². The van der Waals surface area contributed by atoms with E-state index in [1.807, 2.05) is 0 Å². The van der Waals surface area contributed by atoms with Gasteiger partial charge in [0.05, 0.1) is 10.7 Å². The molecular weight excluding hydrogens is 252 g/mol. The number of hydrogen-bond acceptors (Lipinski definition) is 3. The molecular formula is C13H25ClN2S. The molecule has 0 saturated heterocycles. The van der Waals surface area contributed by atoms with E-state index in [0.717, 1.165) is 19.0 Å². The molecule has 1 N–H and O–H groups in total. The van der Waals surface area contributed by atoms with E-state index in [1.54, 1.807) is 11.3 Å². The smallest absolute Gasteiger partial charge is 0.0954 e. The standard InChI is InChI=1S/C13H24N2S.ClH/c1-10(2)6-5-7-14-8-12-9-16-13(15-12)11(3)4;/h9-11,14H,5-8H2,1-4H3;1H. The zero-order valence-corrected chi connectivity index (χ0v) is 13.0. The van der Waals surface area contributed by atoms with Crippen molar-refractivity contribution in [2.45, 2.75) is 53.0 Å². The third kappa shape index (κ3) is 7.02. The predicted molar refractivity (Wildman–Crippen MR) is 79.2 cm³/mol. The zero-order chi connectivity index (χ0) is 12.0. The maximum absolute atomic E-state index is 4.60. The van der Waals surface area contributed by atoms with Crippen molar-refractivity contribution in [3.05, 3.63) is 16.1 Å².